The molecule has 1 heterocycles. The summed E-state index contributed by atoms with van der Waals surface area (Å²) in [6.07, 6.45) is -4.52. The number of halogens is 3. The standard InChI is InChI=1S/C25H17F3N2O5/c26-25(27,28)19-7-5-16(6-8-19)23(32)29-20-10-17(9-18(11-20)24(33)34)14-1-3-15(4-2-14)22-12-21(13-31)35-30-22/h1-12,31H,13H2,(H,29,32)(H,33,34). The smallest absolute Gasteiger partial charge is 0.416 e. The van der Waals surface area contributed by atoms with Crippen LogP contribution in [0.5, 0.6) is 0 Å². The fourth-order valence-corrected chi connectivity index (χ4v) is 3.36. The Kier molecular flexibility index (Phi) is 6.39. The molecular formula is C25H17F3N2O5. The predicted molar refractivity (Wildman–Crippen MR) is 120 cm³/mol. The Hall–Kier alpha value is -4.44. The van der Waals surface area contributed by atoms with Crippen LogP contribution in [0.1, 0.15) is 32.0 Å². The molecule has 0 aliphatic carbocycles. The molecule has 1 amide bonds. The monoisotopic (exact) mass is 482 g/mol. The van der Waals surface area contributed by atoms with E-state index in [2.05, 4.69) is 10.5 Å². The SMILES string of the molecule is O=C(O)c1cc(NC(=O)c2ccc(C(F)(F)F)cc2)cc(-c2ccc(-c3cc(CO)on3)cc2)c1. The minimum atomic E-state index is -4.52. The van der Waals surface area contributed by atoms with Gasteiger partial charge in [-0.05, 0) is 53.6 Å². The molecule has 4 aromatic rings. The van der Waals surface area contributed by atoms with Crippen molar-refractivity contribution < 1.29 is 37.5 Å². The number of rotatable bonds is 6. The Morgan fingerprint density at radius 2 is 1.51 bits per heavy atom. The Morgan fingerprint density at radius 1 is 0.857 bits per heavy atom. The van der Waals surface area contributed by atoms with Gasteiger partial charge >= 0.3 is 12.1 Å². The van der Waals surface area contributed by atoms with Gasteiger partial charge in [-0.25, -0.2) is 4.79 Å². The van der Waals surface area contributed by atoms with Crippen molar-refractivity contribution in [3.8, 4) is 22.4 Å². The summed E-state index contributed by atoms with van der Waals surface area (Å²) < 4.78 is 43.2. The van der Waals surface area contributed by atoms with E-state index in [4.69, 9.17) is 9.63 Å². The molecule has 7 nitrogen and oxygen atoms in total. The van der Waals surface area contributed by atoms with E-state index >= 15 is 0 Å². The number of carbonyl (C=O) groups excluding carboxylic acids is 1. The third-order valence-corrected chi connectivity index (χ3v) is 5.14. The molecule has 0 atom stereocenters. The molecule has 0 bridgehead atoms. The molecule has 10 heteroatoms. The van der Waals surface area contributed by atoms with E-state index in [-0.39, 0.29) is 23.4 Å². The third-order valence-electron chi connectivity index (χ3n) is 5.14. The molecule has 35 heavy (non-hydrogen) atoms. The fourth-order valence-electron chi connectivity index (χ4n) is 3.36. The zero-order valence-corrected chi connectivity index (χ0v) is 17.8. The minimum absolute atomic E-state index is 0.0144. The van der Waals surface area contributed by atoms with E-state index < -0.39 is 23.6 Å². The molecule has 3 N–H and O–H groups in total. The van der Waals surface area contributed by atoms with Gasteiger partial charge in [0.05, 0.1) is 11.1 Å². The quantitative estimate of drug-likeness (QED) is 0.336. The summed E-state index contributed by atoms with van der Waals surface area (Å²) in [5, 5.41) is 25.0. The summed E-state index contributed by atoms with van der Waals surface area (Å²) in [6.45, 7) is -0.284. The summed E-state index contributed by atoms with van der Waals surface area (Å²) >= 11 is 0. The first kappa shape index (κ1) is 23.7. The number of nitrogens with one attached hydrogen (secondary N) is 1. The van der Waals surface area contributed by atoms with Crippen LogP contribution in [-0.4, -0.2) is 27.2 Å². The van der Waals surface area contributed by atoms with Crippen molar-refractivity contribution in [2.24, 2.45) is 0 Å². The lowest BCUT2D eigenvalue weighted by Gasteiger charge is -2.11. The number of benzene rings is 3. The number of carboxylic acids is 1. The van der Waals surface area contributed by atoms with Crippen molar-refractivity contribution in [2.75, 3.05) is 5.32 Å². The number of aromatic nitrogens is 1. The van der Waals surface area contributed by atoms with Gasteiger partial charge in [0.2, 0.25) is 0 Å². The molecule has 0 aliphatic heterocycles. The first-order valence-corrected chi connectivity index (χ1v) is 10.2. The number of aromatic carboxylic acids is 1. The summed E-state index contributed by atoms with van der Waals surface area (Å²) in [5.41, 5.74) is 1.55. The second kappa shape index (κ2) is 9.43. The zero-order valence-electron chi connectivity index (χ0n) is 17.8. The van der Waals surface area contributed by atoms with Gasteiger partial charge in [-0.1, -0.05) is 29.4 Å². The number of hydrogen-bond acceptors (Lipinski definition) is 5. The molecule has 0 unspecified atom stereocenters. The van der Waals surface area contributed by atoms with Crippen LogP contribution in [0.15, 0.2) is 77.3 Å². The van der Waals surface area contributed by atoms with Gasteiger partial charge in [0.15, 0.2) is 5.76 Å². The van der Waals surface area contributed by atoms with E-state index in [0.717, 1.165) is 24.3 Å². The Balaban J connectivity index is 1.60. The van der Waals surface area contributed by atoms with Crippen molar-refractivity contribution in [2.45, 2.75) is 12.8 Å². The molecule has 1 aromatic heterocycles. The van der Waals surface area contributed by atoms with Crippen LogP contribution in [0.2, 0.25) is 0 Å². The largest absolute Gasteiger partial charge is 0.478 e. The normalized spacial score (nSPS) is 11.3. The van der Waals surface area contributed by atoms with E-state index in [1.165, 1.54) is 12.1 Å². The topological polar surface area (TPSA) is 113 Å². The van der Waals surface area contributed by atoms with Crippen molar-refractivity contribution in [1.29, 1.82) is 0 Å². The number of aliphatic hydroxyl groups is 1. The summed E-state index contributed by atoms with van der Waals surface area (Å²) in [7, 11) is 0. The van der Waals surface area contributed by atoms with Crippen LogP contribution in [0.3, 0.4) is 0 Å². The van der Waals surface area contributed by atoms with Gasteiger partial charge in [-0.3, -0.25) is 4.79 Å². The Labute approximate surface area is 196 Å². The number of carboxylic acid groups (broad SMARTS) is 1. The van der Waals surface area contributed by atoms with Crippen LogP contribution in [0.4, 0.5) is 18.9 Å². The molecule has 0 aliphatic rings. The number of nitrogens with zero attached hydrogens (tertiary/aromatic N) is 1. The number of amides is 1. The van der Waals surface area contributed by atoms with Gasteiger partial charge in [-0.15, -0.1) is 0 Å². The van der Waals surface area contributed by atoms with Crippen LogP contribution >= 0.6 is 0 Å². The van der Waals surface area contributed by atoms with E-state index in [1.54, 1.807) is 36.4 Å². The molecule has 0 radical (unpaired) electrons. The summed E-state index contributed by atoms with van der Waals surface area (Å²) in [4.78, 5) is 24.2. The number of anilines is 1. The number of aliphatic hydroxyl groups excluding tert-OH is 1. The van der Waals surface area contributed by atoms with E-state index in [1.807, 2.05) is 0 Å². The highest BCUT2D eigenvalue weighted by Crippen LogP contribution is 2.30. The van der Waals surface area contributed by atoms with Crippen LogP contribution in [0, 0.1) is 0 Å². The number of hydrogen-bond donors (Lipinski definition) is 3. The average molecular weight is 482 g/mol. The number of carbonyl (C=O) groups is 2. The summed E-state index contributed by atoms with van der Waals surface area (Å²) in [5.74, 6) is -1.59. The molecule has 0 saturated heterocycles. The Bertz CT molecular complexity index is 1380. The second-order valence-corrected chi connectivity index (χ2v) is 7.55. The van der Waals surface area contributed by atoms with Gasteiger partial charge in [0, 0.05) is 22.9 Å². The maximum Gasteiger partial charge on any atom is 0.416 e. The lowest BCUT2D eigenvalue weighted by Crippen LogP contribution is -2.13. The molecule has 178 valence electrons. The lowest BCUT2D eigenvalue weighted by atomic mass is 10.00. The van der Waals surface area contributed by atoms with Crippen molar-refractivity contribution in [1.82, 2.24) is 5.16 Å². The van der Waals surface area contributed by atoms with Gasteiger partial charge < -0.3 is 20.1 Å². The van der Waals surface area contributed by atoms with Crippen molar-refractivity contribution in [3.63, 3.8) is 0 Å². The molecule has 0 fully saturated rings. The molecule has 3 aromatic carbocycles. The Morgan fingerprint density at radius 3 is 2.09 bits per heavy atom. The third kappa shape index (κ3) is 5.39. The zero-order chi connectivity index (χ0) is 25.2. The maximum atomic E-state index is 12.8. The maximum absolute atomic E-state index is 12.8. The molecule has 0 saturated carbocycles. The minimum Gasteiger partial charge on any atom is -0.478 e. The fraction of sp³-hybridized carbons (Fsp3) is 0.0800. The van der Waals surface area contributed by atoms with E-state index in [9.17, 15) is 27.9 Å². The van der Waals surface area contributed by atoms with Crippen LogP contribution < -0.4 is 5.32 Å². The van der Waals surface area contributed by atoms with Crippen LogP contribution in [-0.2, 0) is 12.8 Å². The average Bonchev–Trinajstić information content (AvgIpc) is 3.33. The van der Waals surface area contributed by atoms with Crippen molar-refractivity contribution >= 4 is 17.6 Å². The van der Waals surface area contributed by atoms with Gasteiger partial charge in [0.1, 0.15) is 12.3 Å². The molecular weight excluding hydrogens is 465 g/mol. The van der Waals surface area contributed by atoms with Gasteiger partial charge in [-0.2, -0.15) is 13.2 Å². The predicted octanol–water partition coefficient (Wildman–Crippen LogP) is 5.47. The highest BCUT2D eigenvalue weighted by atomic mass is 19.4. The highest BCUT2D eigenvalue weighted by molar-refractivity contribution is 6.05. The summed E-state index contributed by atoms with van der Waals surface area (Å²) in [6, 6.07) is 16.5. The highest BCUT2D eigenvalue weighted by Gasteiger charge is 2.30. The van der Waals surface area contributed by atoms with Crippen molar-refractivity contribution in [3.05, 3.63) is 95.2 Å². The van der Waals surface area contributed by atoms with Crippen LogP contribution in [0.25, 0.3) is 22.4 Å². The number of alkyl halides is 3. The van der Waals surface area contributed by atoms with E-state index in [0.29, 0.717) is 28.1 Å². The lowest BCUT2D eigenvalue weighted by molar-refractivity contribution is -0.137. The molecule has 4 rings (SSSR count). The first-order valence-electron chi connectivity index (χ1n) is 10.2. The van der Waals surface area contributed by atoms with Gasteiger partial charge in [0.25, 0.3) is 5.91 Å². The molecule has 0 spiro atoms. The second-order valence-electron chi connectivity index (χ2n) is 7.55. The first-order chi connectivity index (χ1) is 16.6.